The smallest absolute Gasteiger partial charge is 0.327 e. The maximum Gasteiger partial charge on any atom is 0.327 e. The van der Waals surface area contributed by atoms with Gasteiger partial charge in [-0.05, 0) is 38.5 Å². The number of carbonyl (C=O) groups excluding carboxylic acids is 1. The van der Waals surface area contributed by atoms with Crippen molar-refractivity contribution in [2.45, 2.75) is 31.6 Å². The van der Waals surface area contributed by atoms with E-state index >= 15 is 0 Å². The molecule has 0 radical (unpaired) electrons. The number of aromatic nitrogens is 2. The molecule has 126 valence electrons. The molecule has 0 N–H and O–H groups in total. The SMILES string of the molecule is CCOC(=O)C(C)(CCn1cc2cc(Br)ccc2n1)S(C)(=O)=O. The second kappa shape index (κ2) is 6.60. The molecule has 8 heteroatoms. The molecular weight excluding hydrogens is 384 g/mol. The molecule has 2 aromatic rings. The average molecular weight is 403 g/mol. The Balaban J connectivity index is 2.25. The summed E-state index contributed by atoms with van der Waals surface area (Å²) in [6, 6.07) is 5.69. The maximum atomic E-state index is 12.1. The summed E-state index contributed by atoms with van der Waals surface area (Å²) in [6.07, 6.45) is 2.98. The van der Waals surface area contributed by atoms with Crippen LogP contribution in [0.4, 0.5) is 0 Å². The fourth-order valence-electron chi connectivity index (χ4n) is 2.21. The van der Waals surface area contributed by atoms with Crippen LogP contribution in [0.5, 0.6) is 0 Å². The number of halogens is 1. The molecule has 0 aliphatic rings. The summed E-state index contributed by atoms with van der Waals surface area (Å²) >= 11 is 3.40. The predicted octanol–water partition coefficient (Wildman–Crippen LogP) is 2.56. The number of ether oxygens (including phenoxy) is 1. The predicted molar refractivity (Wildman–Crippen MR) is 91.9 cm³/mol. The highest BCUT2D eigenvalue weighted by atomic mass is 79.9. The first kappa shape index (κ1) is 17.9. The van der Waals surface area contributed by atoms with Crippen LogP contribution in [0.15, 0.2) is 28.9 Å². The van der Waals surface area contributed by atoms with E-state index < -0.39 is 20.6 Å². The van der Waals surface area contributed by atoms with Gasteiger partial charge in [-0.1, -0.05) is 15.9 Å². The van der Waals surface area contributed by atoms with E-state index in [0.29, 0.717) is 6.54 Å². The second-order valence-electron chi connectivity index (χ2n) is 5.57. The van der Waals surface area contributed by atoms with E-state index in [1.807, 2.05) is 24.4 Å². The molecule has 1 heterocycles. The van der Waals surface area contributed by atoms with Crippen molar-refractivity contribution in [2.24, 2.45) is 0 Å². The summed E-state index contributed by atoms with van der Waals surface area (Å²) in [4.78, 5) is 12.1. The summed E-state index contributed by atoms with van der Waals surface area (Å²) in [7, 11) is -3.62. The summed E-state index contributed by atoms with van der Waals surface area (Å²) in [6.45, 7) is 3.50. The van der Waals surface area contributed by atoms with Gasteiger partial charge in [0.05, 0.1) is 12.1 Å². The summed E-state index contributed by atoms with van der Waals surface area (Å²) in [5, 5.41) is 5.33. The number of hydrogen-bond donors (Lipinski definition) is 0. The van der Waals surface area contributed by atoms with E-state index in [-0.39, 0.29) is 13.0 Å². The van der Waals surface area contributed by atoms with Crippen LogP contribution in [0.1, 0.15) is 20.3 Å². The Morgan fingerprint density at radius 2 is 2.13 bits per heavy atom. The minimum atomic E-state index is -3.62. The van der Waals surface area contributed by atoms with Crippen LogP contribution in [-0.4, -0.2) is 41.8 Å². The maximum absolute atomic E-state index is 12.1. The molecule has 1 aromatic heterocycles. The molecule has 0 aliphatic heterocycles. The number of benzene rings is 1. The third-order valence-corrected chi connectivity index (χ3v) is 6.36. The molecule has 6 nitrogen and oxygen atoms in total. The third-order valence-electron chi connectivity index (χ3n) is 3.86. The highest BCUT2D eigenvalue weighted by Crippen LogP contribution is 2.25. The third kappa shape index (κ3) is 3.74. The van der Waals surface area contributed by atoms with Gasteiger partial charge in [-0.3, -0.25) is 9.48 Å². The Labute approximate surface area is 143 Å². The molecular formula is C15H19BrN2O4S. The Hall–Kier alpha value is -1.41. The number of nitrogens with zero attached hydrogens (tertiary/aromatic N) is 2. The monoisotopic (exact) mass is 402 g/mol. The van der Waals surface area contributed by atoms with Crippen molar-refractivity contribution in [3.05, 3.63) is 28.9 Å². The van der Waals surface area contributed by atoms with E-state index in [1.54, 1.807) is 11.6 Å². The van der Waals surface area contributed by atoms with Crippen LogP contribution < -0.4 is 0 Å². The van der Waals surface area contributed by atoms with E-state index in [4.69, 9.17) is 4.74 Å². The molecule has 0 fully saturated rings. The standard InChI is InChI=1S/C15H19BrN2O4S/c1-4-22-14(19)15(2,23(3,20)21)7-8-18-10-11-9-12(16)5-6-13(11)17-18/h5-6,9-10H,4,7-8H2,1-3H3. The Morgan fingerprint density at radius 3 is 2.74 bits per heavy atom. The summed E-state index contributed by atoms with van der Waals surface area (Å²) < 4.78 is 30.1. The van der Waals surface area contributed by atoms with Gasteiger partial charge in [-0.25, -0.2) is 8.42 Å². The Kier molecular flexibility index (Phi) is 5.15. The van der Waals surface area contributed by atoms with Crippen molar-refractivity contribution in [2.75, 3.05) is 12.9 Å². The van der Waals surface area contributed by atoms with Gasteiger partial charge in [0.15, 0.2) is 14.6 Å². The topological polar surface area (TPSA) is 78.3 Å². The molecule has 2 rings (SSSR count). The lowest BCUT2D eigenvalue weighted by Crippen LogP contribution is -2.45. The van der Waals surface area contributed by atoms with Crippen molar-refractivity contribution in [3.63, 3.8) is 0 Å². The number of fused-ring (bicyclic) bond motifs is 1. The van der Waals surface area contributed by atoms with Crippen molar-refractivity contribution in [3.8, 4) is 0 Å². The number of esters is 1. The quantitative estimate of drug-likeness (QED) is 0.693. The Bertz CT molecular complexity index is 831. The summed E-state index contributed by atoms with van der Waals surface area (Å²) in [5.41, 5.74) is 0.811. The number of rotatable bonds is 6. The van der Waals surface area contributed by atoms with Gasteiger partial charge >= 0.3 is 5.97 Å². The molecule has 0 spiro atoms. The molecule has 0 saturated carbocycles. The average Bonchev–Trinajstić information content (AvgIpc) is 2.85. The molecule has 1 unspecified atom stereocenters. The fourth-order valence-corrected chi connectivity index (χ4v) is 3.42. The van der Waals surface area contributed by atoms with Crippen LogP contribution in [0, 0.1) is 0 Å². The Morgan fingerprint density at radius 1 is 1.43 bits per heavy atom. The van der Waals surface area contributed by atoms with Crippen molar-refractivity contribution in [1.82, 2.24) is 9.78 Å². The molecule has 1 atom stereocenters. The van der Waals surface area contributed by atoms with Crippen LogP contribution >= 0.6 is 15.9 Å². The fraction of sp³-hybridized carbons (Fsp3) is 0.467. The van der Waals surface area contributed by atoms with Gasteiger partial charge < -0.3 is 4.74 Å². The lowest BCUT2D eigenvalue weighted by atomic mass is 10.1. The number of carbonyl (C=O) groups is 1. The second-order valence-corrected chi connectivity index (χ2v) is 8.93. The lowest BCUT2D eigenvalue weighted by molar-refractivity contribution is -0.146. The van der Waals surface area contributed by atoms with Gasteiger partial charge in [0.1, 0.15) is 0 Å². The van der Waals surface area contributed by atoms with Crippen LogP contribution in [0.3, 0.4) is 0 Å². The number of aryl methyl sites for hydroxylation is 1. The zero-order valence-corrected chi connectivity index (χ0v) is 15.6. The van der Waals surface area contributed by atoms with Crippen molar-refractivity contribution in [1.29, 1.82) is 0 Å². The first-order valence-electron chi connectivity index (χ1n) is 7.17. The molecule has 0 bridgehead atoms. The number of sulfone groups is 1. The lowest BCUT2D eigenvalue weighted by Gasteiger charge is -2.25. The van der Waals surface area contributed by atoms with Crippen molar-refractivity contribution < 1.29 is 17.9 Å². The molecule has 23 heavy (non-hydrogen) atoms. The molecule has 0 amide bonds. The van der Waals surface area contributed by atoms with Gasteiger partial charge in [0.2, 0.25) is 0 Å². The minimum absolute atomic E-state index is 0.0970. The van der Waals surface area contributed by atoms with Gasteiger partial charge in [0.25, 0.3) is 0 Å². The van der Waals surface area contributed by atoms with Gasteiger partial charge in [-0.2, -0.15) is 5.10 Å². The van der Waals surface area contributed by atoms with E-state index in [0.717, 1.165) is 21.6 Å². The van der Waals surface area contributed by atoms with Crippen molar-refractivity contribution >= 4 is 42.6 Å². The van der Waals surface area contributed by atoms with E-state index in [1.165, 1.54) is 6.92 Å². The van der Waals surface area contributed by atoms with Crippen LogP contribution in [0.25, 0.3) is 10.9 Å². The largest absolute Gasteiger partial charge is 0.465 e. The minimum Gasteiger partial charge on any atom is -0.465 e. The van der Waals surface area contributed by atoms with E-state index in [9.17, 15) is 13.2 Å². The zero-order valence-electron chi connectivity index (χ0n) is 13.2. The normalized spacial score (nSPS) is 14.6. The van der Waals surface area contributed by atoms with Crippen LogP contribution in [-0.2, 0) is 25.9 Å². The zero-order chi connectivity index (χ0) is 17.3. The molecule has 0 aliphatic carbocycles. The highest BCUT2D eigenvalue weighted by Gasteiger charge is 2.44. The first-order chi connectivity index (χ1) is 10.7. The molecule has 1 aromatic carbocycles. The van der Waals surface area contributed by atoms with E-state index in [2.05, 4.69) is 21.0 Å². The van der Waals surface area contributed by atoms with Crippen LogP contribution in [0.2, 0.25) is 0 Å². The highest BCUT2D eigenvalue weighted by molar-refractivity contribution is 9.10. The summed E-state index contributed by atoms with van der Waals surface area (Å²) in [5.74, 6) is -0.720. The first-order valence-corrected chi connectivity index (χ1v) is 9.85. The van der Waals surface area contributed by atoms with Gasteiger partial charge in [0, 0.05) is 28.9 Å². The van der Waals surface area contributed by atoms with Gasteiger partial charge in [-0.15, -0.1) is 0 Å². The number of hydrogen-bond acceptors (Lipinski definition) is 5. The molecule has 0 saturated heterocycles.